The second kappa shape index (κ2) is 7.62. The molecule has 0 saturated heterocycles. The van der Waals surface area contributed by atoms with Gasteiger partial charge in [-0.25, -0.2) is 0 Å². The number of hydrogen-bond acceptors (Lipinski definition) is 4. The summed E-state index contributed by atoms with van der Waals surface area (Å²) in [5, 5.41) is 11.4. The summed E-state index contributed by atoms with van der Waals surface area (Å²) in [4.78, 5) is 22.4. The van der Waals surface area contributed by atoms with Gasteiger partial charge >= 0.3 is 5.97 Å². The fourth-order valence-electron chi connectivity index (χ4n) is 1.81. The molecule has 0 aromatic heterocycles. The first kappa shape index (κ1) is 16.1. The van der Waals surface area contributed by atoms with Gasteiger partial charge in [0.05, 0.1) is 6.42 Å². The van der Waals surface area contributed by atoms with Gasteiger partial charge in [-0.3, -0.25) is 9.59 Å². The normalized spacial score (nSPS) is 13.6. The third-order valence-electron chi connectivity index (χ3n) is 3.02. The minimum atomic E-state index is -0.833. The van der Waals surface area contributed by atoms with Gasteiger partial charge in [0.15, 0.2) is 0 Å². The molecule has 0 saturated carbocycles. The van der Waals surface area contributed by atoms with Crippen LogP contribution in [0, 0.1) is 0 Å². The molecule has 1 rings (SSSR count). The number of rotatable bonds is 7. The van der Waals surface area contributed by atoms with E-state index in [0.29, 0.717) is 5.69 Å². The van der Waals surface area contributed by atoms with Crippen molar-refractivity contribution in [1.29, 1.82) is 0 Å². The van der Waals surface area contributed by atoms with E-state index in [4.69, 9.17) is 15.6 Å². The molecule has 0 aliphatic carbocycles. The second-order valence-electron chi connectivity index (χ2n) is 4.57. The molecule has 1 aromatic carbocycles. The minimum absolute atomic E-state index is 0.0740. The Kier molecular flexibility index (Phi) is 6.14. The van der Waals surface area contributed by atoms with Crippen molar-refractivity contribution >= 4 is 17.6 Å². The van der Waals surface area contributed by atoms with Crippen molar-refractivity contribution in [3.63, 3.8) is 0 Å². The van der Waals surface area contributed by atoms with Crippen molar-refractivity contribution in [2.45, 2.75) is 25.4 Å². The summed E-state index contributed by atoms with van der Waals surface area (Å²) in [5.74, 6) is -1.21. The zero-order chi connectivity index (χ0) is 15.1. The number of carboxylic acids is 1. The zero-order valence-electron chi connectivity index (χ0n) is 11.6. The van der Waals surface area contributed by atoms with Crippen molar-refractivity contribution in [3.05, 3.63) is 29.8 Å². The van der Waals surface area contributed by atoms with Crippen molar-refractivity contribution in [2.24, 2.45) is 5.73 Å². The first-order chi connectivity index (χ1) is 9.47. The molecule has 0 bridgehead atoms. The number of hydrogen-bond donors (Lipinski definition) is 3. The number of nitrogens with one attached hydrogen (secondary N) is 1. The maximum atomic E-state index is 11.7. The number of carbonyl (C=O) groups is 2. The first-order valence-electron chi connectivity index (χ1n) is 6.33. The number of aliphatic carboxylic acids is 1. The molecule has 0 spiro atoms. The van der Waals surface area contributed by atoms with Gasteiger partial charge in [-0.1, -0.05) is 19.1 Å². The number of carboxylic acid groups (broad SMARTS) is 1. The van der Waals surface area contributed by atoms with Crippen LogP contribution in [0.1, 0.15) is 24.8 Å². The van der Waals surface area contributed by atoms with Crippen LogP contribution < -0.4 is 11.1 Å². The van der Waals surface area contributed by atoms with Crippen LogP contribution in [0.2, 0.25) is 0 Å². The maximum absolute atomic E-state index is 11.7. The van der Waals surface area contributed by atoms with Crippen LogP contribution in [-0.4, -0.2) is 36.7 Å². The van der Waals surface area contributed by atoms with Gasteiger partial charge in [0.2, 0.25) is 0 Å². The number of methoxy groups -OCH3 is 1. The number of amides is 1. The van der Waals surface area contributed by atoms with Gasteiger partial charge in [0.25, 0.3) is 5.91 Å². The topological polar surface area (TPSA) is 102 Å². The number of anilines is 1. The van der Waals surface area contributed by atoms with Crippen LogP contribution in [0.3, 0.4) is 0 Å². The minimum Gasteiger partial charge on any atom is -0.481 e. The van der Waals surface area contributed by atoms with E-state index in [9.17, 15) is 9.59 Å². The monoisotopic (exact) mass is 280 g/mol. The molecule has 0 fully saturated rings. The number of benzene rings is 1. The lowest BCUT2D eigenvalue weighted by atomic mass is 9.98. The van der Waals surface area contributed by atoms with E-state index in [0.717, 1.165) is 5.56 Å². The van der Waals surface area contributed by atoms with Gasteiger partial charge in [-0.2, -0.15) is 0 Å². The molecule has 4 N–H and O–H groups in total. The van der Waals surface area contributed by atoms with Crippen molar-refractivity contribution in [2.75, 3.05) is 19.0 Å². The Bertz CT molecular complexity index is 455. The highest BCUT2D eigenvalue weighted by molar-refractivity contribution is 5.94. The summed E-state index contributed by atoms with van der Waals surface area (Å²) in [7, 11) is 1.42. The highest BCUT2D eigenvalue weighted by Crippen LogP contribution is 2.21. The highest BCUT2D eigenvalue weighted by Gasteiger charge is 2.16. The molecule has 0 heterocycles. The molecular weight excluding hydrogens is 260 g/mol. The third kappa shape index (κ3) is 4.64. The lowest BCUT2D eigenvalue weighted by Gasteiger charge is -2.14. The number of ether oxygens (including phenoxy) is 1. The first-order valence-corrected chi connectivity index (χ1v) is 6.33. The Labute approximate surface area is 117 Å². The van der Waals surface area contributed by atoms with E-state index in [1.54, 1.807) is 24.3 Å². The molecule has 2 atom stereocenters. The van der Waals surface area contributed by atoms with Gasteiger partial charge in [-0.15, -0.1) is 0 Å². The van der Waals surface area contributed by atoms with E-state index < -0.39 is 12.1 Å². The molecule has 2 unspecified atom stereocenters. The van der Waals surface area contributed by atoms with E-state index in [-0.39, 0.29) is 24.8 Å². The quantitative estimate of drug-likeness (QED) is 0.696. The Hall–Kier alpha value is -1.92. The standard InChI is InChI=1S/C14H20N2O4/c1-9(7-13(17)18)10-3-5-11(6-4-10)16-14(19)12(8-15)20-2/h3-6,9,12H,7-8,15H2,1-2H3,(H,16,19)(H,17,18). The lowest BCUT2D eigenvalue weighted by Crippen LogP contribution is -2.35. The van der Waals surface area contributed by atoms with Gasteiger partial charge in [0.1, 0.15) is 6.10 Å². The Morgan fingerprint density at radius 2 is 1.95 bits per heavy atom. The smallest absolute Gasteiger partial charge is 0.303 e. The molecule has 1 amide bonds. The fraction of sp³-hybridized carbons (Fsp3) is 0.429. The Morgan fingerprint density at radius 1 is 1.35 bits per heavy atom. The van der Waals surface area contributed by atoms with Crippen molar-refractivity contribution in [3.8, 4) is 0 Å². The summed E-state index contributed by atoms with van der Waals surface area (Å²) >= 11 is 0. The molecule has 1 aromatic rings. The summed E-state index contributed by atoms with van der Waals surface area (Å²) in [6.07, 6.45) is -0.606. The predicted molar refractivity (Wildman–Crippen MR) is 75.6 cm³/mol. The SMILES string of the molecule is COC(CN)C(=O)Nc1ccc(C(C)CC(=O)O)cc1. The second-order valence-corrected chi connectivity index (χ2v) is 4.57. The van der Waals surface area contributed by atoms with Crippen LogP contribution in [0.25, 0.3) is 0 Å². The van der Waals surface area contributed by atoms with Gasteiger partial charge < -0.3 is 20.9 Å². The molecule has 0 radical (unpaired) electrons. The fourth-order valence-corrected chi connectivity index (χ4v) is 1.81. The highest BCUT2D eigenvalue weighted by atomic mass is 16.5. The Balaban J connectivity index is 2.67. The number of nitrogens with two attached hydrogens (primary N) is 1. The molecule has 6 heteroatoms. The van der Waals surface area contributed by atoms with E-state index in [1.807, 2.05) is 6.92 Å². The van der Waals surface area contributed by atoms with Crippen molar-refractivity contribution in [1.82, 2.24) is 0 Å². The maximum Gasteiger partial charge on any atom is 0.303 e. The van der Waals surface area contributed by atoms with E-state index in [2.05, 4.69) is 5.32 Å². The number of carbonyl (C=O) groups excluding carboxylic acids is 1. The van der Waals surface area contributed by atoms with E-state index >= 15 is 0 Å². The van der Waals surface area contributed by atoms with Crippen LogP contribution in [-0.2, 0) is 14.3 Å². The van der Waals surface area contributed by atoms with Crippen LogP contribution in [0.15, 0.2) is 24.3 Å². The summed E-state index contributed by atoms with van der Waals surface area (Å²) in [6, 6.07) is 7.06. The molecule has 6 nitrogen and oxygen atoms in total. The average molecular weight is 280 g/mol. The molecule has 0 aliphatic rings. The summed E-state index contributed by atoms with van der Waals surface area (Å²) in [5.41, 5.74) is 6.94. The Morgan fingerprint density at radius 3 is 2.40 bits per heavy atom. The predicted octanol–water partition coefficient (Wildman–Crippen LogP) is 1.18. The lowest BCUT2D eigenvalue weighted by molar-refractivity contribution is -0.137. The summed E-state index contributed by atoms with van der Waals surface area (Å²) in [6.45, 7) is 1.95. The average Bonchev–Trinajstić information content (AvgIpc) is 2.40. The molecule has 0 aliphatic heterocycles. The third-order valence-corrected chi connectivity index (χ3v) is 3.02. The van der Waals surface area contributed by atoms with Crippen molar-refractivity contribution < 1.29 is 19.4 Å². The van der Waals surface area contributed by atoms with Crippen LogP contribution in [0.4, 0.5) is 5.69 Å². The van der Waals surface area contributed by atoms with Crippen LogP contribution >= 0.6 is 0 Å². The zero-order valence-corrected chi connectivity index (χ0v) is 11.6. The van der Waals surface area contributed by atoms with Gasteiger partial charge in [0, 0.05) is 19.3 Å². The van der Waals surface area contributed by atoms with Gasteiger partial charge in [-0.05, 0) is 23.6 Å². The largest absolute Gasteiger partial charge is 0.481 e. The van der Waals surface area contributed by atoms with E-state index in [1.165, 1.54) is 7.11 Å². The molecular formula is C14H20N2O4. The summed E-state index contributed by atoms with van der Waals surface area (Å²) < 4.78 is 4.94. The van der Waals surface area contributed by atoms with Crippen LogP contribution in [0.5, 0.6) is 0 Å². The molecule has 20 heavy (non-hydrogen) atoms. The molecule has 110 valence electrons.